The molecule has 0 saturated carbocycles. The lowest BCUT2D eigenvalue weighted by molar-refractivity contribution is -0.116. The Hall–Kier alpha value is -1.83. The van der Waals surface area contributed by atoms with Gasteiger partial charge in [0.05, 0.1) is 33.8 Å². The van der Waals surface area contributed by atoms with Gasteiger partial charge in [0, 0.05) is 24.4 Å². The van der Waals surface area contributed by atoms with Crippen LogP contribution in [0.5, 0.6) is 0 Å². The smallest absolute Gasteiger partial charge is 0.227 e. The predicted molar refractivity (Wildman–Crippen MR) is 106 cm³/mol. The molecule has 26 heavy (non-hydrogen) atoms. The van der Waals surface area contributed by atoms with Crippen LogP contribution < -0.4 is 5.32 Å². The van der Waals surface area contributed by atoms with Gasteiger partial charge in [-0.15, -0.1) is 0 Å². The lowest BCUT2D eigenvalue weighted by Crippen LogP contribution is -2.16. The summed E-state index contributed by atoms with van der Waals surface area (Å²) in [5.41, 5.74) is 1.96. The Labute approximate surface area is 169 Å². The van der Waals surface area contributed by atoms with Crippen LogP contribution in [0.3, 0.4) is 0 Å². The summed E-state index contributed by atoms with van der Waals surface area (Å²) in [6.45, 7) is 2.99. The van der Waals surface area contributed by atoms with Gasteiger partial charge >= 0.3 is 0 Å². The number of anilines is 1. The van der Waals surface area contributed by atoms with Crippen molar-refractivity contribution in [2.75, 3.05) is 5.32 Å². The highest BCUT2D eigenvalue weighted by Gasteiger charge is 2.09. The first kappa shape index (κ1) is 18.9. The summed E-state index contributed by atoms with van der Waals surface area (Å²) in [5.74, 6) is 0.393. The maximum Gasteiger partial charge on any atom is 0.227 e. The molecule has 0 aliphatic heterocycles. The molecule has 0 spiro atoms. The quantitative estimate of drug-likeness (QED) is 0.592. The van der Waals surface area contributed by atoms with Crippen LogP contribution in [0.2, 0.25) is 10.0 Å². The van der Waals surface area contributed by atoms with E-state index in [-0.39, 0.29) is 5.91 Å². The van der Waals surface area contributed by atoms with E-state index in [1.165, 1.54) is 0 Å². The SMILES string of the molecule is Cc1c(Br)cnn1CCC(=O)Nc1ccn(Cc2ccc(Cl)c(Cl)c2)n1. The minimum atomic E-state index is -0.115. The van der Waals surface area contributed by atoms with Crippen molar-refractivity contribution in [3.63, 3.8) is 0 Å². The Bertz CT molecular complexity index is 937. The van der Waals surface area contributed by atoms with Crippen LogP contribution in [-0.4, -0.2) is 25.5 Å². The summed E-state index contributed by atoms with van der Waals surface area (Å²) in [6.07, 6.45) is 3.83. The van der Waals surface area contributed by atoms with E-state index in [0.717, 1.165) is 15.7 Å². The minimum Gasteiger partial charge on any atom is -0.309 e. The summed E-state index contributed by atoms with van der Waals surface area (Å²) in [7, 11) is 0. The van der Waals surface area contributed by atoms with Crippen LogP contribution >= 0.6 is 39.1 Å². The third-order valence-electron chi connectivity index (χ3n) is 3.83. The molecule has 0 unspecified atom stereocenters. The van der Waals surface area contributed by atoms with E-state index in [1.54, 1.807) is 40.0 Å². The molecule has 1 N–H and O–H groups in total. The van der Waals surface area contributed by atoms with E-state index in [0.29, 0.717) is 35.4 Å². The summed E-state index contributed by atoms with van der Waals surface area (Å²) in [6, 6.07) is 7.19. The van der Waals surface area contributed by atoms with Crippen LogP contribution in [0.1, 0.15) is 17.7 Å². The van der Waals surface area contributed by atoms with Gasteiger partial charge < -0.3 is 5.32 Å². The molecule has 3 aromatic rings. The second kappa shape index (κ2) is 8.24. The number of amides is 1. The topological polar surface area (TPSA) is 64.7 Å². The van der Waals surface area contributed by atoms with Gasteiger partial charge in [0.1, 0.15) is 0 Å². The summed E-state index contributed by atoms with van der Waals surface area (Å²) < 4.78 is 4.44. The van der Waals surface area contributed by atoms with E-state index >= 15 is 0 Å². The van der Waals surface area contributed by atoms with Crippen LogP contribution in [0.4, 0.5) is 5.82 Å². The molecule has 6 nitrogen and oxygen atoms in total. The molecule has 0 fully saturated rings. The Balaban J connectivity index is 1.55. The van der Waals surface area contributed by atoms with Crippen molar-refractivity contribution in [1.29, 1.82) is 0 Å². The van der Waals surface area contributed by atoms with Crippen molar-refractivity contribution >= 4 is 50.9 Å². The molecular formula is C17H16BrCl2N5O. The molecule has 1 amide bonds. The Morgan fingerprint density at radius 3 is 2.77 bits per heavy atom. The zero-order valence-corrected chi connectivity index (χ0v) is 17.0. The normalized spacial score (nSPS) is 10.9. The Kier molecular flexibility index (Phi) is 6.01. The largest absolute Gasteiger partial charge is 0.309 e. The molecule has 0 aliphatic carbocycles. The highest BCUT2D eigenvalue weighted by atomic mass is 79.9. The van der Waals surface area contributed by atoms with Crippen LogP contribution in [0, 0.1) is 6.92 Å². The van der Waals surface area contributed by atoms with Gasteiger partial charge in [-0.1, -0.05) is 29.3 Å². The van der Waals surface area contributed by atoms with Gasteiger partial charge in [0.25, 0.3) is 0 Å². The van der Waals surface area contributed by atoms with Crippen molar-refractivity contribution in [3.05, 3.63) is 62.4 Å². The second-order valence-corrected chi connectivity index (χ2v) is 7.41. The molecule has 2 heterocycles. The Morgan fingerprint density at radius 1 is 1.27 bits per heavy atom. The van der Waals surface area contributed by atoms with Crippen molar-refractivity contribution < 1.29 is 4.79 Å². The predicted octanol–water partition coefficient (Wildman–Crippen LogP) is 4.53. The molecule has 0 aliphatic rings. The van der Waals surface area contributed by atoms with Crippen molar-refractivity contribution in [1.82, 2.24) is 19.6 Å². The first-order valence-corrected chi connectivity index (χ1v) is 9.42. The number of nitrogens with one attached hydrogen (secondary N) is 1. The highest BCUT2D eigenvalue weighted by Crippen LogP contribution is 2.23. The number of halogens is 3. The Morgan fingerprint density at radius 2 is 2.08 bits per heavy atom. The first-order valence-electron chi connectivity index (χ1n) is 7.87. The van der Waals surface area contributed by atoms with Gasteiger partial charge in [-0.05, 0) is 40.5 Å². The van der Waals surface area contributed by atoms with E-state index in [1.807, 2.05) is 13.0 Å². The number of carbonyl (C=O) groups excluding carboxylic acids is 1. The van der Waals surface area contributed by atoms with Gasteiger partial charge in [0.2, 0.25) is 5.91 Å². The molecule has 0 radical (unpaired) electrons. The second-order valence-electron chi connectivity index (χ2n) is 5.75. The number of aryl methyl sites for hydroxylation is 1. The lowest BCUT2D eigenvalue weighted by Gasteiger charge is -2.05. The molecule has 2 aromatic heterocycles. The van der Waals surface area contributed by atoms with Crippen LogP contribution in [-0.2, 0) is 17.9 Å². The third kappa shape index (κ3) is 4.66. The maximum atomic E-state index is 12.1. The van der Waals surface area contributed by atoms with Crippen LogP contribution in [0.25, 0.3) is 0 Å². The standard InChI is InChI=1S/C17H16BrCl2N5O/c1-11-13(18)9-21-25(11)7-5-17(26)22-16-4-6-24(23-16)10-12-2-3-14(19)15(20)8-12/h2-4,6,8-9H,5,7,10H2,1H3,(H,22,23,26). The number of hydrogen-bond acceptors (Lipinski definition) is 3. The fraction of sp³-hybridized carbons (Fsp3) is 0.235. The fourth-order valence-electron chi connectivity index (χ4n) is 2.40. The number of hydrogen-bond donors (Lipinski definition) is 1. The zero-order valence-electron chi connectivity index (χ0n) is 13.9. The maximum absolute atomic E-state index is 12.1. The van der Waals surface area contributed by atoms with Gasteiger partial charge in [-0.25, -0.2) is 0 Å². The monoisotopic (exact) mass is 455 g/mol. The number of benzene rings is 1. The zero-order chi connectivity index (χ0) is 18.7. The molecule has 3 rings (SSSR count). The molecule has 0 saturated heterocycles. The van der Waals surface area contributed by atoms with Crippen LogP contribution in [0.15, 0.2) is 41.1 Å². The molecule has 0 atom stereocenters. The average molecular weight is 457 g/mol. The number of carbonyl (C=O) groups is 1. The van der Waals surface area contributed by atoms with Gasteiger partial charge in [-0.3, -0.25) is 14.2 Å². The van der Waals surface area contributed by atoms with Crippen molar-refractivity contribution in [3.8, 4) is 0 Å². The van der Waals surface area contributed by atoms with Crippen molar-refractivity contribution in [2.24, 2.45) is 0 Å². The first-order chi connectivity index (χ1) is 12.4. The number of aromatic nitrogens is 4. The molecule has 9 heteroatoms. The number of nitrogens with zero attached hydrogens (tertiary/aromatic N) is 4. The summed E-state index contributed by atoms with van der Waals surface area (Å²) >= 11 is 15.3. The van der Waals surface area contributed by atoms with Gasteiger partial charge in [-0.2, -0.15) is 10.2 Å². The lowest BCUT2D eigenvalue weighted by atomic mass is 10.2. The minimum absolute atomic E-state index is 0.115. The van der Waals surface area contributed by atoms with Gasteiger partial charge in [0.15, 0.2) is 5.82 Å². The number of rotatable bonds is 6. The average Bonchev–Trinajstić information content (AvgIpc) is 3.17. The molecular weight excluding hydrogens is 441 g/mol. The van der Waals surface area contributed by atoms with E-state index < -0.39 is 0 Å². The van der Waals surface area contributed by atoms with E-state index in [2.05, 4.69) is 31.4 Å². The fourth-order valence-corrected chi connectivity index (χ4v) is 3.02. The molecule has 0 bridgehead atoms. The summed E-state index contributed by atoms with van der Waals surface area (Å²) in [4.78, 5) is 12.1. The van der Waals surface area contributed by atoms with E-state index in [9.17, 15) is 4.79 Å². The van der Waals surface area contributed by atoms with Crippen molar-refractivity contribution in [2.45, 2.75) is 26.4 Å². The third-order valence-corrected chi connectivity index (χ3v) is 5.35. The molecule has 1 aromatic carbocycles. The van der Waals surface area contributed by atoms with E-state index in [4.69, 9.17) is 23.2 Å². The highest BCUT2D eigenvalue weighted by molar-refractivity contribution is 9.10. The summed E-state index contributed by atoms with van der Waals surface area (Å²) in [5, 5.41) is 12.4. The molecule has 136 valence electrons.